The van der Waals surface area contributed by atoms with E-state index in [0.717, 1.165) is 6.07 Å². The Kier molecular flexibility index (Phi) is 4.78. The van der Waals surface area contributed by atoms with E-state index >= 15 is 0 Å². The molecule has 2 rings (SSSR count). The summed E-state index contributed by atoms with van der Waals surface area (Å²) < 4.78 is 0. The zero-order chi connectivity index (χ0) is 15.4. The van der Waals surface area contributed by atoms with Gasteiger partial charge in [0, 0.05) is 11.6 Å². The molecule has 5 heteroatoms. The quantitative estimate of drug-likeness (QED) is 0.688. The molecule has 0 saturated carbocycles. The van der Waals surface area contributed by atoms with Crippen LogP contribution in [-0.4, -0.2) is 10.9 Å². The van der Waals surface area contributed by atoms with Gasteiger partial charge in [-0.25, -0.2) is 0 Å². The van der Waals surface area contributed by atoms with Gasteiger partial charge >= 0.3 is 0 Å². The van der Waals surface area contributed by atoms with Gasteiger partial charge in [0.1, 0.15) is 0 Å². The predicted molar refractivity (Wildman–Crippen MR) is 84.2 cm³/mol. The maximum Gasteiger partial charge on any atom is 0.220 e. The number of hydrogen-bond acceptors (Lipinski definition) is 3. The van der Waals surface area contributed by atoms with Crippen LogP contribution < -0.4 is 5.43 Å². The van der Waals surface area contributed by atoms with Crippen molar-refractivity contribution in [3.05, 3.63) is 79.9 Å². The van der Waals surface area contributed by atoms with Gasteiger partial charge in [0.25, 0.3) is 0 Å². The molecule has 0 amide bonds. The minimum absolute atomic E-state index is 0.191. The number of rotatable bonds is 3. The van der Waals surface area contributed by atoms with E-state index in [9.17, 15) is 14.7 Å². The molecule has 3 nitrogen and oxygen atoms in total. The lowest BCUT2D eigenvalue weighted by molar-refractivity contribution is 0.104. The lowest BCUT2D eigenvalue weighted by atomic mass is 10.1. The molecule has 0 saturated heterocycles. The average molecular weight is 321 g/mol. The molecule has 0 bridgehead atoms. The third kappa shape index (κ3) is 3.94. The highest BCUT2D eigenvalue weighted by atomic mass is 35.5. The van der Waals surface area contributed by atoms with Gasteiger partial charge < -0.3 is 5.11 Å². The summed E-state index contributed by atoms with van der Waals surface area (Å²) in [7, 11) is 0. The third-order valence-electron chi connectivity index (χ3n) is 2.72. The molecule has 0 atom stereocenters. The summed E-state index contributed by atoms with van der Waals surface area (Å²) in [5.74, 6) is -0.753. The Morgan fingerprint density at radius 2 is 1.81 bits per heavy atom. The number of hydrogen-bond donors (Lipinski definition) is 1. The van der Waals surface area contributed by atoms with Gasteiger partial charge in [0.2, 0.25) is 5.43 Å². The number of halogens is 2. The van der Waals surface area contributed by atoms with Crippen LogP contribution in [0.3, 0.4) is 0 Å². The molecular weight excluding hydrogens is 311 g/mol. The van der Waals surface area contributed by atoms with Gasteiger partial charge in [0.05, 0.1) is 10.0 Å². The first-order valence-electron chi connectivity index (χ1n) is 5.98. The monoisotopic (exact) mass is 320 g/mol. The predicted octanol–water partition coefficient (Wildman–Crippen LogP) is 3.96. The van der Waals surface area contributed by atoms with Crippen molar-refractivity contribution in [1.29, 1.82) is 0 Å². The zero-order valence-corrected chi connectivity index (χ0v) is 12.2. The first-order valence-corrected chi connectivity index (χ1v) is 6.74. The van der Waals surface area contributed by atoms with E-state index in [4.69, 9.17) is 23.2 Å². The van der Waals surface area contributed by atoms with E-state index in [1.165, 1.54) is 24.3 Å². The van der Waals surface area contributed by atoms with Crippen molar-refractivity contribution in [1.82, 2.24) is 0 Å². The fraction of sp³-hybridized carbons (Fsp3) is 0. The van der Waals surface area contributed by atoms with Crippen LogP contribution in [-0.2, 0) is 0 Å². The molecular formula is C16H10Cl2O3. The summed E-state index contributed by atoms with van der Waals surface area (Å²) in [6.07, 6.45) is 2.90. The number of aromatic hydroxyl groups is 1. The van der Waals surface area contributed by atoms with Crippen LogP contribution in [0.15, 0.2) is 53.3 Å². The highest BCUT2D eigenvalue weighted by molar-refractivity contribution is 6.42. The molecule has 2 aromatic carbocycles. The molecule has 0 aromatic heterocycles. The fourth-order valence-electron chi connectivity index (χ4n) is 1.63. The van der Waals surface area contributed by atoms with Crippen molar-refractivity contribution in [3.63, 3.8) is 0 Å². The molecule has 1 N–H and O–H groups in total. The van der Waals surface area contributed by atoms with Gasteiger partial charge in [-0.05, 0) is 29.8 Å². The first kappa shape index (κ1) is 15.3. The van der Waals surface area contributed by atoms with Crippen molar-refractivity contribution in [2.45, 2.75) is 0 Å². The summed E-state index contributed by atoms with van der Waals surface area (Å²) in [5.41, 5.74) is 0.297. The van der Waals surface area contributed by atoms with Gasteiger partial charge in [-0.15, -0.1) is 0 Å². The molecule has 21 heavy (non-hydrogen) atoms. The normalized spacial score (nSPS) is 10.8. The molecule has 0 aliphatic rings. The van der Waals surface area contributed by atoms with Gasteiger partial charge in [-0.2, -0.15) is 0 Å². The summed E-state index contributed by atoms with van der Waals surface area (Å²) >= 11 is 11.7. The van der Waals surface area contributed by atoms with Crippen molar-refractivity contribution >= 4 is 35.1 Å². The van der Waals surface area contributed by atoms with Crippen molar-refractivity contribution in [2.75, 3.05) is 0 Å². The molecule has 106 valence electrons. The van der Waals surface area contributed by atoms with Gasteiger partial charge in [-0.1, -0.05) is 47.5 Å². The van der Waals surface area contributed by atoms with Crippen LogP contribution in [0.4, 0.5) is 0 Å². The van der Waals surface area contributed by atoms with E-state index in [1.807, 2.05) is 0 Å². The minimum atomic E-state index is -0.605. The third-order valence-corrected chi connectivity index (χ3v) is 3.46. The summed E-state index contributed by atoms with van der Waals surface area (Å²) in [6, 6.07) is 10.2. The number of allylic oxidation sites excluding steroid dienone is 1. The largest absolute Gasteiger partial charge is 0.504 e. The van der Waals surface area contributed by atoms with E-state index in [2.05, 4.69) is 0 Å². The second-order valence-corrected chi connectivity index (χ2v) is 5.06. The van der Waals surface area contributed by atoms with Crippen molar-refractivity contribution in [3.8, 4) is 5.75 Å². The summed E-state index contributed by atoms with van der Waals surface area (Å²) in [4.78, 5) is 23.4. The fourth-order valence-corrected chi connectivity index (χ4v) is 1.93. The number of carbonyl (C=O) groups is 1. The Hall–Kier alpha value is -2.10. The Balaban J connectivity index is 2.27. The Morgan fingerprint density at radius 1 is 1.05 bits per heavy atom. The number of benzene rings is 1. The van der Waals surface area contributed by atoms with Crippen LogP contribution in [0.5, 0.6) is 5.75 Å². The molecule has 0 aliphatic heterocycles. The van der Waals surface area contributed by atoms with E-state index in [-0.39, 0.29) is 11.3 Å². The van der Waals surface area contributed by atoms with Crippen LogP contribution in [0, 0.1) is 0 Å². The zero-order valence-electron chi connectivity index (χ0n) is 10.7. The van der Waals surface area contributed by atoms with Crippen LogP contribution in [0.2, 0.25) is 10.0 Å². The Labute approximate surface area is 131 Å². The topological polar surface area (TPSA) is 54.4 Å². The van der Waals surface area contributed by atoms with E-state index in [1.54, 1.807) is 24.3 Å². The number of carbonyl (C=O) groups excluding carboxylic acids is 1. The second-order valence-electron chi connectivity index (χ2n) is 4.25. The lowest BCUT2D eigenvalue weighted by Gasteiger charge is -1.97. The molecule has 0 aliphatic carbocycles. The average Bonchev–Trinajstić information content (AvgIpc) is 2.62. The van der Waals surface area contributed by atoms with Gasteiger partial charge in [0.15, 0.2) is 11.5 Å². The maximum atomic E-state index is 12.0. The Morgan fingerprint density at radius 3 is 2.52 bits per heavy atom. The lowest BCUT2D eigenvalue weighted by Crippen LogP contribution is -1.99. The second kappa shape index (κ2) is 6.57. The highest BCUT2D eigenvalue weighted by Crippen LogP contribution is 2.23. The molecule has 0 heterocycles. The van der Waals surface area contributed by atoms with Crippen molar-refractivity contribution in [2.24, 2.45) is 0 Å². The van der Waals surface area contributed by atoms with E-state index in [0.29, 0.717) is 15.6 Å². The first-order chi connectivity index (χ1) is 9.97. The summed E-state index contributed by atoms with van der Waals surface area (Å²) in [6.45, 7) is 0. The van der Waals surface area contributed by atoms with E-state index < -0.39 is 11.2 Å². The standard InChI is InChI=1S/C16H10Cl2O3/c17-12-6-4-10(8-13(12)18)5-7-14(19)11-2-1-3-15(20)16(21)9-11/h1-9H,(H,20,21). The Bertz CT molecular complexity index is 783. The molecule has 2 aromatic rings. The molecule has 0 fully saturated rings. The number of ketones is 1. The molecule has 0 spiro atoms. The molecule has 0 radical (unpaired) electrons. The highest BCUT2D eigenvalue weighted by Gasteiger charge is 2.03. The SMILES string of the molecule is O=C(C=Cc1ccc(Cl)c(Cl)c1)c1cccc(O)c(=O)c1. The maximum absolute atomic E-state index is 12.0. The van der Waals surface area contributed by atoms with Crippen molar-refractivity contribution < 1.29 is 9.90 Å². The van der Waals surface area contributed by atoms with Crippen LogP contribution in [0.25, 0.3) is 6.08 Å². The van der Waals surface area contributed by atoms with Crippen LogP contribution >= 0.6 is 23.2 Å². The van der Waals surface area contributed by atoms with Gasteiger partial charge in [-0.3, -0.25) is 9.59 Å². The smallest absolute Gasteiger partial charge is 0.220 e. The molecule has 0 unspecified atom stereocenters. The van der Waals surface area contributed by atoms with Crippen LogP contribution in [0.1, 0.15) is 15.9 Å². The summed E-state index contributed by atoms with van der Waals surface area (Å²) in [5, 5.41) is 10.1. The minimum Gasteiger partial charge on any atom is -0.504 e.